The Morgan fingerprint density at radius 3 is 2.62 bits per heavy atom. The van der Waals surface area contributed by atoms with Gasteiger partial charge in [0, 0.05) is 17.7 Å². The summed E-state index contributed by atoms with van der Waals surface area (Å²) in [6.07, 6.45) is 1.66. The van der Waals surface area contributed by atoms with Gasteiger partial charge >= 0.3 is 0 Å². The maximum Gasteiger partial charge on any atom is 0.252 e. The highest BCUT2D eigenvalue weighted by Gasteiger charge is 2.16. The molecule has 0 unspecified atom stereocenters. The minimum atomic E-state index is -0.234. The maximum atomic E-state index is 12.8. The number of aromatic nitrogens is 1. The molecule has 29 heavy (non-hydrogen) atoms. The molecule has 0 aliphatic heterocycles. The van der Waals surface area contributed by atoms with Crippen LogP contribution < -0.4 is 5.32 Å². The Labute approximate surface area is 168 Å². The summed E-state index contributed by atoms with van der Waals surface area (Å²) in [6, 6.07) is 26.1. The largest absolute Gasteiger partial charge is 0.436 e. The average molecular weight is 379 g/mol. The Bertz CT molecular complexity index is 1190. The van der Waals surface area contributed by atoms with Crippen LogP contribution in [-0.4, -0.2) is 10.9 Å². The lowest BCUT2D eigenvalue weighted by Crippen LogP contribution is -2.23. The fraction of sp³-hybridized carbons (Fsp3) is 0.0417. The van der Waals surface area contributed by atoms with Crippen LogP contribution >= 0.6 is 0 Å². The van der Waals surface area contributed by atoms with Crippen molar-refractivity contribution >= 4 is 5.91 Å². The van der Waals surface area contributed by atoms with Crippen LogP contribution in [0.15, 0.2) is 89.5 Å². The Morgan fingerprint density at radius 1 is 1.00 bits per heavy atom. The summed E-state index contributed by atoms with van der Waals surface area (Å²) in [4.78, 5) is 17.2. The SMILES string of the molecule is N#Cc1cccc(CNC(=O)c2ccccc2-c2ncc(-c3ccccc3)o2)c1. The molecule has 1 N–H and O–H groups in total. The predicted octanol–water partition coefficient (Wildman–Crippen LogP) is 4.81. The number of rotatable bonds is 5. The van der Waals surface area contributed by atoms with E-state index in [-0.39, 0.29) is 5.91 Å². The first kappa shape index (κ1) is 18.2. The van der Waals surface area contributed by atoms with Gasteiger partial charge in [-0.3, -0.25) is 4.79 Å². The van der Waals surface area contributed by atoms with Crippen molar-refractivity contribution in [3.8, 4) is 28.8 Å². The highest BCUT2D eigenvalue weighted by atomic mass is 16.4. The van der Waals surface area contributed by atoms with Crippen LogP contribution in [0.2, 0.25) is 0 Å². The summed E-state index contributed by atoms with van der Waals surface area (Å²) >= 11 is 0. The second-order valence-electron chi connectivity index (χ2n) is 6.44. The number of carbonyl (C=O) groups excluding carboxylic acids is 1. The zero-order valence-corrected chi connectivity index (χ0v) is 15.5. The number of oxazole rings is 1. The lowest BCUT2D eigenvalue weighted by Gasteiger charge is -2.08. The average Bonchev–Trinajstić information content (AvgIpc) is 3.28. The minimum Gasteiger partial charge on any atom is -0.436 e. The van der Waals surface area contributed by atoms with Crippen molar-refractivity contribution in [3.05, 3.63) is 102 Å². The van der Waals surface area contributed by atoms with Gasteiger partial charge in [-0.2, -0.15) is 5.26 Å². The van der Waals surface area contributed by atoms with Crippen molar-refractivity contribution in [2.45, 2.75) is 6.54 Å². The van der Waals surface area contributed by atoms with Gasteiger partial charge < -0.3 is 9.73 Å². The third kappa shape index (κ3) is 4.07. The van der Waals surface area contributed by atoms with E-state index in [4.69, 9.17) is 9.68 Å². The zero-order valence-electron chi connectivity index (χ0n) is 15.5. The molecule has 5 heteroatoms. The highest BCUT2D eigenvalue weighted by molar-refractivity contribution is 6.00. The topological polar surface area (TPSA) is 78.9 Å². The molecule has 0 saturated heterocycles. The standard InChI is InChI=1S/C24H17N3O2/c25-14-17-7-6-8-18(13-17)15-26-23(28)20-11-4-5-12-21(20)24-27-16-22(29-24)19-9-2-1-3-10-19/h1-13,16H,15H2,(H,26,28). The maximum absolute atomic E-state index is 12.8. The smallest absolute Gasteiger partial charge is 0.252 e. The van der Waals surface area contributed by atoms with E-state index in [1.165, 1.54) is 0 Å². The fourth-order valence-electron chi connectivity index (χ4n) is 3.03. The highest BCUT2D eigenvalue weighted by Crippen LogP contribution is 2.28. The second-order valence-corrected chi connectivity index (χ2v) is 6.44. The van der Waals surface area contributed by atoms with Gasteiger partial charge in [0.15, 0.2) is 5.76 Å². The van der Waals surface area contributed by atoms with E-state index in [9.17, 15) is 4.79 Å². The van der Waals surface area contributed by atoms with E-state index < -0.39 is 0 Å². The number of amides is 1. The minimum absolute atomic E-state index is 0.234. The van der Waals surface area contributed by atoms with Gasteiger partial charge in [-0.05, 0) is 29.8 Å². The van der Waals surface area contributed by atoms with Crippen LogP contribution in [0.4, 0.5) is 0 Å². The predicted molar refractivity (Wildman–Crippen MR) is 110 cm³/mol. The summed E-state index contributed by atoms with van der Waals surface area (Å²) in [5.41, 5.74) is 3.44. The van der Waals surface area contributed by atoms with Crippen LogP contribution in [0.1, 0.15) is 21.5 Å². The summed E-state index contributed by atoms with van der Waals surface area (Å²) in [5.74, 6) is 0.799. The number of hydrogen-bond donors (Lipinski definition) is 1. The van der Waals surface area contributed by atoms with E-state index in [2.05, 4.69) is 16.4 Å². The van der Waals surface area contributed by atoms with Crippen molar-refractivity contribution in [1.82, 2.24) is 10.3 Å². The molecule has 0 aliphatic rings. The Balaban J connectivity index is 1.56. The van der Waals surface area contributed by atoms with Gasteiger partial charge in [-0.1, -0.05) is 54.6 Å². The van der Waals surface area contributed by atoms with Crippen LogP contribution in [-0.2, 0) is 6.54 Å². The number of nitriles is 1. The van der Waals surface area contributed by atoms with Crippen LogP contribution in [0.3, 0.4) is 0 Å². The van der Waals surface area contributed by atoms with Crippen LogP contribution in [0.5, 0.6) is 0 Å². The summed E-state index contributed by atoms with van der Waals surface area (Å²) < 4.78 is 5.91. The number of nitrogens with one attached hydrogen (secondary N) is 1. The second kappa shape index (κ2) is 8.24. The summed E-state index contributed by atoms with van der Waals surface area (Å²) in [5, 5.41) is 11.9. The Hall–Kier alpha value is -4.17. The molecule has 3 aromatic carbocycles. The van der Waals surface area contributed by atoms with E-state index in [0.717, 1.165) is 11.1 Å². The first-order chi connectivity index (χ1) is 14.2. The normalized spacial score (nSPS) is 10.3. The van der Waals surface area contributed by atoms with Crippen molar-refractivity contribution in [3.63, 3.8) is 0 Å². The van der Waals surface area contributed by atoms with Gasteiger partial charge in [0.2, 0.25) is 5.89 Å². The molecule has 0 fully saturated rings. The molecule has 4 aromatic rings. The summed E-state index contributed by atoms with van der Waals surface area (Å²) in [7, 11) is 0. The molecule has 0 bridgehead atoms. The van der Waals surface area contributed by atoms with Crippen LogP contribution in [0.25, 0.3) is 22.8 Å². The quantitative estimate of drug-likeness (QED) is 0.540. The van der Waals surface area contributed by atoms with E-state index in [0.29, 0.717) is 34.9 Å². The molecule has 0 spiro atoms. The number of benzene rings is 3. The van der Waals surface area contributed by atoms with E-state index >= 15 is 0 Å². The molecule has 0 radical (unpaired) electrons. The molecule has 1 heterocycles. The van der Waals surface area contributed by atoms with Crippen molar-refractivity contribution < 1.29 is 9.21 Å². The molecule has 5 nitrogen and oxygen atoms in total. The number of carbonyl (C=O) groups is 1. The molecule has 0 aliphatic carbocycles. The fourth-order valence-corrected chi connectivity index (χ4v) is 3.03. The van der Waals surface area contributed by atoms with Gasteiger partial charge in [0.25, 0.3) is 5.91 Å². The number of hydrogen-bond acceptors (Lipinski definition) is 4. The molecule has 1 aromatic heterocycles. The van der Waals surface area contributed by atoms with Gasteiger partial charge in [0.05, 0.1) is 23.4 Å². The van der Waals surface area contributed by atoms with Crippen molar-refractivity contribution in [1.29, 1.82) is 5.26 Å². The third-order valence-electron chi connectivity index (χ3n) is 4.48. The zero-order chi connectivity index (χ0) is 20.1. The van der Waals surface area contributed by atoms with Crippen molar-refractivity contribution in [2.75, 3.05) is 0 Å². The Kier molecular flexibility index (Phi) is 5.17. The van der Waals surface area contributed by atoms with Gasteiger partial charge in [0.1, 0.15) is 0 Å². The first-order valence-electron chi connectivity index (χ1n) is 9.12. The number of nitrogens with zero attached hydrogens (tertiary/aromatic N) is 2. The lowest BCUT2D eigenvalue weighted by molar-refractivity contribution is 0.0951. The molecule has 0 atom stereocenters. The Morgan fingerprint density at radius 2 is 1.79 bits per heavy atom. The first-order valence-corrected chi connectivity index (χ1v) is 9.12. The molecular formula is C24H17N3O2. The van der Waals surface area contributed by atoms with E-state index in [1.807, 2.05) is 48.5 Å². The van der Waals surface area contributed by atoms with E-state index in [1.54, 1.807) is 36.5 Å². The molecule has 0 saturated carbocycles. The molecule has 1 amide bonds. The van der Waals surface area contributed by atoms with Gasteiger partial charge in [-0.15, -0.1) is 0 Å². The summed E-state index contributed by atoms with van der Waals surface area (Å²) in [6.45, 7) is 0.323. The van der Waals surface area contributed by atoms with Crippen LogP contribution in [0, 0.1) is 11.3 Å². The molecule has 4 rings (SSSR count). The van der Waals surface area contributed by atoms with Crippen molar-refractivity contribution in [2.24, 2.45) is 0 Å². The monoisotopic (exact) mass is 379 g/mol. The third-order valence-corrected chi connectivity index (χ3v) is 4.48. The van der Waals surface area contributed by atoms with Gasteiger partial charge in [-0.25, -0.2) is 4.98 Å². The lowest BCUT2D eigenvalue weighted by atomic mass is 10.1. The molecular weight excluding hydrogens is 362 g/mol. The molecule has 140 valence electrons.